The molecule has 3 saturated heterocycles. The number of esters is 1. The van der Waals surface area contributed by atoms with Crippen LogP contribution in [0.1, 0.15) is 78.6 Å². The highest BCUT2D eigenvalue weighted by molar-refractivity contribution is 5.85. The highest BCUT2D eigenvalue weighted by atomic mass is 16.8. The summed E-state index contributed by atoms with van der Waals surface area (Å²) in [7, 11) is 1.39. The Balaban J connectivity index is 0.879. The third-order valence-corrected chi connectivity index (χ3v) is 16.5. The number of hydrogen-bond donors (Lipinski definition) is 9. The number of cyclic esters (lactones) is 1. The van der Waals surface area contributed by atoms with Crippen molar-refractivity contribution < 1.29 is 88.6 Å². The number of aliphatic hydroxyl groups is 9. The molecule has 4 heterocycles. The maximum absolute atomic E-state index is 12.6. The SMILES string of the molecule is COC1C(O)C(OC2CCC3(C)C(CCC4C3CCC3(C)C(C5=CC(=O)OC5)CCC43O)C2)OC(C)C1OC1OC(CO)C(OC2OC(CO)C(O)C(O)C2O)C(O)C1O. The van der Waals surface area contributed by atoms with E-state index >= 15 is 0 Å². The molecule has 0 bridgehead atoms. The van der Waals surface area contributed by atoms with Gasteiger partial charge in [-0.2, -0.15) is 0 Å². The lowest BCUT2D eigenvalue weighted by molar-refractivity contribution is -0.380. The predicted octanol–water partition coefficient (Wildman–Crippen LogP) is -1.24. The molecule has 18 heteroatoms. The Labute approximate surface area is 349 Å². The molecule has 7 fully saturated rings. The van der Waals surface area contributed by atoms with Crippen LogP contribution >= 0.6 is 0 Å². The number of methoxy groups -OCH3 is 1. The van der Waals surface area contributed by atoms with Crippen molar-refractivity contribution in [2.24, 2.45) is 34.5 Å². The second kappa shape index (κ2) is 17.2. The summed E-state index contributed by atoms with van der Waals surface area (Å²) in [4.78, 5) is 12.0. The smallest absolute Gasteiger partial charge is 0.331 e. The van der Waals surface area contributed by atoms with Crippen molar-refractivity contribution in [1.29, 1.82) is 0 Å². The van der Waals surface area contributed by atoms with E-state index in [-0.39, 0.29) is 34.7 Å². The van der Waals surface area contributed by atoms with Gasteiger partial charge in [0.25, 0.3) is 0 Å². The van der Waals surface area contributed by atoms with E-state index < -0.39 is 111 Å². The maximum atomic E-state index is 12.6. The number of carbonyl (C=O) groups excluding carboxylic acids is 1. The molecule has 0 aromatic carbocycles. The topological polar surface area (TPSA) is 273 Å². The van der Waals surface area contributed by atoms with Gasteiger partial charge in [0.05, 0.1) is 31.0 Å². The summed E-state index contributed by atoms with van der Waals surface area (Å²) >= 11 is 0. The summed E-state index contributed by atoms with van der Waals surface area (Å²) in [6, 6.07) is 0. The molecule has 4 aliphatic heterocycles. The van der Waals surface area contributed by atoms with Gasteiger partial charge in [-0.1, -0.05) is 13.8 Å². The van der Waals surface area contributed by atoms with Gasteiger partial charge in [0.1, 0.15) is 73.8 Å². The highest BCUT2D eigenvalue weighted by Gasteiger charge is 2.68. The number of rotatable bonds is 10. The lowest BCUT2D eigenvalue weighted by Crippen LogP contribution is -2.66. The van der Waals surface area contributed by atoms with Gasteiger partial charge >= 0.3 is 5.97 Å². The molecule has 0 aromatic heterocycles. The van der Waals surface area contributed by atoms with Crippen LogP contribution in [0.15, 0.2) is 11.6 Å². The lowest BCUT2D eigenvalue weighted by atomic mass is 9.43. The molecule has 8 rings (SSSR count). The minimum atomic E-state index is -1.80. The molecule has 8 aliphatic rings. The third kappa shape index (κ3) is 7.41. The van der Waals surface area contributed by atoms with Gasteiger partial charge in [-0.15, -0.1) is 0 Å². The van der Waals surface area contributed by atoms with E-state index in [4.69, 9.17) is 37.9 Å². The Hall–Kier alpha value is -1.43. The zero-order valence-electron chi connectivity index (χ0n) is 34.8. The summed E-state index contributed by atoms with van der Waals surface area (Å²) in [5.41, 5.74) is -0.0850. The largest absolute Gasteiger partial charge is 0.458 e. The Kier molecular flexibility index (Phi) is 12.9. The first-order valence-electron chi connectivity index (χ1n) is 21.8. The number of fused-ring (bicyclic) bond motifs is 5. The molecule has 9 N–H and O–H groups in total. The first kappa shape index (κ1) is 45.1. The second-order valence-corrected chi connectivity index (χ2v) is 19.3. The summed E-state index contributed by atoms with van der Waals surface area (Å²) in [6.45, 7) is 5.17. The van der Waals surface area contributed by atoms with Crippen LogP contribution in [-0.4, -0.2) is 183 Å². The van der Waals surface area contributed by atoms with Crippen LogP contribution in [0.4, 0.5) is 0 Å². The number of carbonyl (C=O) groups is 1. The van der Waals surface area contributed by atoms with Gasteiger partial charge in [-0.3, -0.25) is 0 Å². The Bertz CT molecular complexity index is 1560. The monoisotopic (exact) mass is 858 g/mol. The van der Waals surface area contributed by atoms with E-state index in [2.05, 4.69) is 13.8 Å². The van der Waals surface area contributed by atoms with E-state index in [1.807, 2.05) is 0 Å². The van der Waals surface area contributed by atoms with Crippen LogP contribution < -0.4 is 0 Å². The molecule has 23 unspecified atom stereocenters. The maximum Gasteiger partial charge on any atom is 0.331 e. The molecule has 0 amide bonds. The van der Waals surface area contributed by atoms with Gasteiger partial charge in [0, 0.05) is 18.6 Å². The molecule has 4 saturated carbocycles. The van der Waals surface area contributed by atoms with Gasteiger partial charge < -0.3 is 83.9 Å². The average molecular weight is 859 g/mol. The predicted molar refractivity (Wildman–Crippen MR) is 203 cm³/mol. The van der Waals surface area contributed by atoms with Gasteiger partial charge in [0.2, 0.25) is 0 Å². The molecule has 23 atom stereocenters. The summed E-state index contributed by atoms with van der Waals surface area (Å²) < 4.78 is 46.8. The van der Waals surface area contributed by atoms with Crippen LogP contribution in [0.25, 0.3) is 0 Å². The fourth-order valence-corrected chi connectivity index (χ4v) is 13.1. The van der Waals surface area contributed by atoms with E-state index in [0.717, 1.165) is 63.4 Å². The quantitative estimate of drug-likeness (QED) is 0.0918. The number of aliphatic hydroxyl groups excluding tert-OH is 8. The average Bonchev–Trinajstić information content (AvgIpc) is 3.78. The fraction of sp³-hybridized carbons (Fsp3) is 0.929. The fourth-order valence-electron chi connectivity index (χ4n) is 13.1. The molecular weight excluding hydrogens is 792 g/mol. The van der Waals surface area contributed by atoms with Crippen molar-refractivity contribution >= 4 is 5.97 Å². The van der Waals surface area contributed by atoms with Gasteiger partial charge in [-0.25, -0.2) is 4.79 Å². The van der Waals surface area contributed by atoms with Crippen molar-refractivity contribution in [3.05, 3.63) is 11.6 Å². The second-order valence-electron chi connectivity index (χ2n) is 19.3. The lowest BCUT2D eigenvalue weighted by Gasteiger charge is -2.64. The summed E-state index contributed by atoms with van der Waals surface area (Å²) in [5, 5.41) is 97.0. The molecule has 4 aliphatic carbocycles. The van der Waals surface area contributed by atoms with E-state index in [9.17, 15) is 50.8 Å². The Morgan fingerprint density at radius 1 is 0.700 bits per heavy atom. The first-order valence-corrected chi connectivity index (χ1v) is 21.8. The van der Waals surface area contributed by atoms with Crippen LogP contribution in [0.5, 0.6) is 0 Å². The highest BCUT2D eigenvalue weighted by Crippen LogP contribution is 2.70. The van der Waals surface area contributed by atoms with E-state index in [1.165, 1.54) is 7.11 Å². The van der Waals surface area contributed by atoms with Crippen molar-refractivity contribution in [3.63, 3.8) is 0 Å². The number of hydrogen-bond acceptors (Lipinski definition) is 18. The Morgan fingerprint density at radius 2 is 1.37 bits per heavy atom. The zero-order valence-corrected chi connectivity index (χ0v) is 34.8. The van der Waals surface area contributed by atoms with Crippen LogP contribution in [-0.2, 0) is 42.7 Å². The van der Waals surface area contributed by atoms with E-state index in [0.29, 0.717) is 18.4 Å². The van der Waals surface area contributed by atoms with Crippen LogP contribution in [0.2, 0.25) is 0 Å². The van der Waals surface area contributed by atoms with Crippen molar-refractivity contribution in [2.45, 2.75) is 182 Å². The molecule has 342 valence electrons. The zero-order chi connectivity index (χ0) is 43.1. The molecular formula is C42H66O18. The molecule has 60 heavy (non-hydrogen) atoms. The minimum Gasteiger partial charge on any atom is -0.458 e. The molecule has 0 aromatic rings. The van der Waals surface area contributed by atoms with Crippen molar-refractivity contribution in [2.75, 3.05) is 26.9 Å². The molecule has 18 nitrogen and oxygen atoms in total. The van der Waals surface area contributed by atoms with Gasteiger partial charge in [0.15, 0.2) is 18.9 Å². The number of ether oxygens (including phenoxy) is 8. The van der Waals surface area contributed by atoms with Crippen LogP contribution in [0, 0.1) is 34.5 Å². The van der Waals surface area contributed by atoms with Gasteiger partial charge in [-0.05, 0) is 99.4 Å². The normalized spacial score (nSPS) is 54.4. The first-order chi connectivity index (χ1) is 28.5. The van der Waals surface area contributed by atoms with Crippen LogP contribution in [0.3, 0.4) is 0 Å². The summed E-state index contributed by atoms with van der Waals surface area (Å²) in [6.07, 6.45) is -12.2. The van der Waals surface area contributed by atoms with Crippen molar-refractivity contribution in [3.8, 4) is 0 Å². The molecule has 0 spiro atoms. The van der Waals surface area contributed by atoms with Crippen molar-refractivity contribution in [1.82, 2.24) is 0 Å². The third-order valence-electron chi connectivity index (χ3n) is 16.5. The van der Waals surface area contributed by atoms with E-state index in [1.54, 1.807) is 13.0 Å². The minimum absolute atomic E-state index is 0.00760. The molecule has 0 radical (unpaired) electrons. The summed E-state index contributed by atoms with van der Waals surface area (Å²) in [5.74, 6) is 0.725. The standard InChI is InChI=1S/C42H66O18/c1-18-34(59-38-32(50)30(48)35(26(16-44)58-38)60-37-31(49)29(47)28(46)25(15-43)57-37)36(53-4)33(51)39(55-18)56-21-7-10-40(2)20(14-21)5-6-24-23(40)8-11-41(3)22(9-12-42(24,41)52)19-13-27(45)54-17-19/h13,18,20-26,28-39,43-44,46-52H,5-12,14-17H2,1-4H3. The Morgan fingerprint density at radius 3 is 2.03 bits per heavy atom.